The Hall–Kier alpha value is -0.260. The van der Waals surface area contributed by atoms with Crippen LogP contribution in [-0.2, 0) is 0 Å². The lowest BCUT2D eigenvalue weighted by Crippen LogP contribution is -1.96. The van der Waals surface area contributed by atoms with Gasteiger partial charge in [0.05, 0.1) is 0 Å². The molecule has 1 unspecified atom stereocenters. The van der Waals surface area contributed by atoms with Crippen LogP contribution in [0.1, 0.15) is 72.6 Å². The molecule has 0 aliphatic rings. The van der Waals surface area contributed by atoms with Crippen LogP contribution in [0, 0.1) is 5.92 Å². The van der Waals surface area contributed by atoms with Gasteiger partial charge in [0.1, 0.15) is 0 Å². The van der Waals surface area contributed by atoms with Gasteiger partial charge in [0.2, 0.25) is 0 Å². The van der Waals surface area contributed by atoms with Crippen LogP contribution in [0.5, 0.6) is 0 Å². The van der Waals surface area contributed by atoms with Crippen molar-refractivity contribution in [3.05, 3.63) is 11.6 Å². The van der Waals surface area contributed by atoms with Crippen LogP contribution < -0.4 is 0 Å². The Balaban J connectivity index is 3.62. The quantitative estimate of drug-likeness (QED) is 0.363. The highest BCUT2D eigenvalue weighted by Gasteiger charge is 2.02. The van der Waals surface area contributed by atoms with E-state index in [4.69, 9.17) is 0 Å². The Labute approximate surface area is 90.8 Å². The van der Waals surface area contributed by atoms with E-state index >= 15 is 0 Å². The van der Waals surface area contributed by atoms with E-state index in [1.165, 1.54) is 44.9 Å². The first-order valence-corrected chi connectivity index (χ1v) is 6.39. The number of rotatable bonds is 8. The maximum Gasteiger partial charge on any atom is -0.0234 e. The zero-order chi connectivity index (χ0) is 10.8. The van der Waals surface area contributed by atoms with Crippen LogP contribution in [-0.4, -0.2) is 0 Å². The third-order valence-corrected chi connectivity index (χ3v) is 3.04. The molecule has 1 atom stereocenters. The fourth-order valence-electron chi connectivity index (χ4n) is 1.66. The second-order valence-corrected chi connectivity index (χ2v) is 4.49. The molecule has 0 heteroatoms. The molecule has 0 bridgehead atoms. The topological polar surface area (TPSA) is 0 Å². The number of unbranched alkanes of at least 4 members (excludes halogenated alkanes) is 4. The SMILES string of the molecule is CCCCC=C(C)C(C)CCCCC. The molecule has 0 heterocycles. The molecular weight excluding hydrogens is 168 g/mol. The second-order valence-electron chi connectivity index (χ2n) is 4.49. The lowest BCUT2D eigenvalue weighted by molar-refractivity contribution is 0.551. The zero-order valence-corrected chi connectivity index (χ0v) is 10.6. The first-order chi connectivity index (χ1) is 6.72. The molecule has 0 aromatic rings. The molecule has 0 spiro atoms. The average molecular weight is 196 g/mol. The Morgan fingerprint density at radius 1 is 1.07 bits per heavy atom. The summed E-state index contributed by atoms with van der Waals surface area (Å²) in [6.07, 6.45) is 11.9. The summed E-state index contributed by atoms with van der Waals surface area (Å²) in [7, 11) is 0. The molecule has 0 amide bonds. The van der Waals surface area contributed by atoms with Crippen molar-refractivity contribution in [2.75, 3.05) is 0 Å². The predicted molar refractivity (Wildman–Crippen MR) is 66.6 cm³/mol. The minimum atomic E-state index is 0.804. The van der Waals surface area contributed by atoms with E-state index in [-0.39, 0.29) is 0 Å². The molecule has 14 heavy (non-hydrogen) atoms. The van der Waals surface area contributed by atoms with Gasteiger partial charge in [0.25, 0.3) is 0 Å². The molecule has 0 saturated heterocycles. The molecule has 0 rings (SSSR count). The van der Waals surface area contributed by atoms with Crippen molar-refractivity contribution >= 4 is 0 Å². The number of hydrogen-bond acceptors (Lipinski definition) is 0. The Morgan fingerprint density at radius 2 is 1.71 bits per heavy atom. The molecule has 0 saturated carbocycles. The highest BCUT2D eigenvalue weighted by atomic mass is 14.1. The molecule has 0 N–H and O–H groups in total. The number of allylic oxidation sites excluding steroid dienone is 2. The van der Waals surface area contributed by atoms with Gasteiger partial charge in [-0.15, -0.1) is 0 Å². The second kappa shape index (κ2) is 9.30. The Bertz CT molecular complexity index is 144. The van der Waals surface area contributed by atoms with Gasteiger partial charge in [-0.1, -0.05) is 64.5 Å². The largest absolute Gasteiger partial charge is 0.0853 e. The van der Waals surface area contributed by atoms with Crippen molar-refractivity contribution in [1.82, 2.24) is 0 Å². The average Bonchev–Trinajstić information content (AvgIpc) is 2.18. The summed E-state index contributed by atoms with van der Waals surface area (Å²) in [6, 6.07) is 0. The van der Waals surface area contributed by atoms with Gasteiger partial charge in [0.15, 0.2) is 0 Å². The van der Waals surface area contributed by atoms with Crippen molar-refractivity contribution in [2.24, 2.45) is 5.92 Å². The highest BCUT2D eigenvalue weighted by Crippen LogP contribution is 2.18. The lowest BCUT2D eigenvalue weighted by Gasteiger charge is -2.11. The third kappa shape index (κ3) is 7.17. The summed E-state index contributed by atoms with van der Waals surface area (Å²) in [4.78, 5) is 0. The van der Waals surface area contributed by atoms with E-state index in [1.807, 2.05) is 0 Å². The maximum absolute atomic E-state index is 2.44. The first-order valence-electron chi connectivity index (χ1n) is 6.39. The highest BCUT2D eigenvalue weighted by molar-refractivity contribution is 5.01. The normalized spacial score (nSPS) is 14.4. The van der Waals surface area contributed by atoms with Gasteiger partial charge in [-0.3, -0.25) is 0 Å². The van der Waals surface area contributed by atoms with Gasteiger partial charge >= 0.3 is 0 Å². The van der Waals surface area contributed by atoms with E-state index in [0.29, 0.717) is 0 Å². The molecule has 0 aromatic heterocycles. The summed E-state index contributed by atoms with van der Waals surface area (Å²) in [6.45, 7) is 9.20. The molecule has 0 aliphatic carbocycles. The smallest absolute Gasteiger partial charge is 0.0234 e. The minimum Gasteiger partial charge on any atom is -0.0853 e. The van der Waals surface area contributed by atoms with Crippen molar-refractivity contribution in [3.63, 3.8) is 0 Å². The van der Waals surface area contributed by atoms with Crippen molar-refractivity contribution < 1.29 is 0 Å². The van der Waals surface area contributed by atoms with E-state index in [1.54, 1.807) is 5.57 Å². The van der Waals surface area contributed by atoms with Gasteiger partial charge in [0, 0.05) is 0 Å². The van der Waals surface area contributed by atoms with Crippen LogP contribution >= 0.6 is 0 Å². The van der Waals surface area contributed by atoms with Crippen molar-refractivity contribution in [1.29, 1.82) is 0 Å². The summed E-state index contributed by atoms with van der Waals surface area (Å²) >= 11 is 0. The molecule has 0 aliphatic heterocycles. The third-order valence-electron chi connectivity index (χ3n) is 3.04. The summed E-state index contributed by atoms with van der Waals surface area (Å²) in [5, 5.41) is 0. The van der Waals surface area contributed by atoms with Crippen LogP contribution in [0.3, 0.4) is 0 Å². The van der Waals surface area contributed by atoms with Crippen LogP contribution in [0.25, 0.3) is 0 Å². The van der Waals surface area contributed by atoms with Crippen LogP contribution in [0.2, 0.25) is 0 Å². The Kier molecular flexibility index (Phi) is 9.13. The predicted octanol–water partition coefficient (Wildman–Crippen LogP) is 5.34. The molecule has 0 aromatic carbocycles. The lowest BCUT2D eigenvalue weighted by atomic mass is 9.95. The Morgan fingerprint density at radius 3 is 2.29 bits per heavy atom. The molecule has 0 fully saturated rings. The fourth-order valence-corrected chi connectivity index (χ4v) is 1.66. The van der Waals surface area contributed by atoms with Gasteiger partial charge in [-0.25, -0.2) is 0 Å². The molecule has 84 valence electrons. The summed E-state index contributed by atoms with van der Waals surface area (Å²) < 4.78 is 0. The van der Waals surface area contributed by atoms with Crippen LogP contribution in [0.15, 0.2) is 11.6 Å². The number of hydrogen-bond donors (Lipinski definition) is 0. The minimum absolute atomic E-state index is 0.804. The summed E-state index contributed by atoms with van der Waals surface area (Å²) in [5.41, 5.74) is 1.61. The fraction of sp³-hybridized carbons (Fsp3) is 0.857. The van der Waals surface area contributed by atoms with E-state index < -0.39 is 0 Å². The van der Waals surface area contributed by atoms with Crippen LogP contribution in [0.4, 0.5) is 0 Å². The monoisotopic (exact) mass is 196 g/mol. The van der Waals surface area contributed by atoms with E-state index in [0.717, 1.165) is 5.92 Å². The zero-order valence-electron chi connectivity index (χ0n) is 10.6. The van der Waals surface area contributed by atoms with Gasteiger partial charge < -0.3 is 0 Å². The molecule has 0 radical (unpaired) electrons. The van der Waals surface area contributed by atoms with Gasteiger partial charge in [-0.05, 0) is 25.7 Å². The first kappa shape index (κ1) is 13.7. The van der Waals surface area contributed by atoms with Crippen molar-refractivity contribution in [2.45, 2.75) is 72.6 Å². The molecule has 0 nitrogen and oxygen atoms in total. The summed E-state index contributed by atoms with van der Waals surface area (Å²) in [5.74, 6) is 0.804. The van der Waals surface area contributed by atoms with Gasteiger partial charge in [-0.2, -0.15) is 0 Å². The van der Waals surface area contributed by atoms with E-state index in [2.05, 4.69) is 33.8 Å². The van der Waals surface area contributed by atoms with E-state index in [9.17, 15) is 0 Å². The standard InChI is InChI=1S/C14H28/c1-5-7-9-11-13(3)14(4)12-10-8-6-2/h11,14H,5-10,12H2,1-4H3. The molecular formula is C14H28. The maximum atomic E-state index is 2.44. The van der Waals surface area contributed by atoms with Crippen molar-refractivity contribution in [3.8, 4) is 0 Å².